The van der Waals surface area contributed by atoms with Gasteiger partial charge in [-0.1, -0.05) is 0 Å². The zero-order valence-electron chi connectivity index (χ0n) is 9.48. The minimum atomic E-state index is -0.284. The number of benzene rings is 1. The molecule has 1 heterocycles. The van der Waals surface area contributed by atoms with Crippen LogP contribution in [0, 0.1) is 5.82 Å². The van der Waals surface area contributed by atoms with Gasteiger partial charge in [0.25, 0.3) is 5.91 Å². The average molecular weight is 250 g/mol. The second-order valence-corrected chi connectivity index (χ2v) is 4.60. The molecule has 88 valence electrons. The molecule has 1 aromatic carbocycles. The summed E-state index contributed by atoms with van der Waals surface area (Å²) in [6, 6.07) is 6.05. The predicted molar refractivity (Wildman–Crippen MR) is 65.5 cm³/mol. The highest BCUT2D eigenvalue weighted by molar-refractivity contribution is 7.12. The van der Waals surface area contributed by atoms with Gasteiger partial charge in [0.05, 0.1) is 5.69 Å². The van der Waals surface area contributed by atoms with Crippen LogP contribution in [0.15, 0.2) is 29.6 Å². The molecule has 0 radical (unpaired) electrons. The van der Waals surface area contributed by atoms with E-state index < -0.39 is 0 Å². The van der Waals surface area contributed by atoms with Crippen molar-refractivity contribution in [1.29, 1.82) is 0 Å². The van der Waals surface area contributed by atoms with Gasteiger partial charge in [-0.15, -0.1) is 11.3 Å². The molecule has 1 aromatic heterocycles. The quantitative estimate of drug-likeness (QED) is 0.821. The summed E-state index contributed by atoms with van der Waals surface area (Å²) in [5, 5.41) is 2.23. The second kappa shape index (κ2) is 4.63. The van der Waals surface area contributed by atoms with Crippen LogP contribution in [0.25, 0.3) is 11.3 Å². The second-order valence-electron chi connectivity index (χ2n) is 3.74. The molecule has 0 bridgehead atoms. The third-order valence-corrected chi connectivity index (χ3v) is 3.06. The van der Waals surface area contributed by atoms with E-state index in [9.17, 15) is 9.18 Å². The molecule has 0 saturated carbocycles. The number of hydrogen-bond acceptors (Lipinski definition) is 3. The Morgan fingerprint density at radius 3 is 2.53 bits per heavy atom. The Kier molecular flexibility index (Phi) is 3.19. The van der Waals surface area contributed by atoms with Gasteiger partial charge in [-0.2, -0.15) is 0 Å². The first-order valence-electron chi connectivity index (χ1n) is 5.01. The van der Waals surface area contributed by atoms with Crippen LogP contribution in [0.3, 0.4) is 0 Å². The molecule has 3 nitrogen and oxygen atoms in total. The molecule has 0 aliphatic rings. The van der Waals surface area contributed by atoms with Crippen LogP contribution in [0.2, 0.25) is 0 Å². The fourth-order valence-electron chi connectivity index (χ4n) is 1.32. The van der Waals surface area contributed by atoms with Crippen LogP contribution < -0.4 is 0 Å². The highest BCUT2D eigenvalue weighted by Gasteiger charge is 2.13. The lowest BCUT2D eigenvalue weighted by Crippen LogP contribution is -2.21. The fourth-order valence-corrected chi connectivity index (χ4v) is 2.16. The van der Waals surface area contributed by atoms with E-state index in [1.54, 1.807) is 31.6 Å². The van der Waals surface area contributed by atoms with Crippen LogP contribution in [0.5, 0.6) is 0 Å². The minimum Gasteiger partial charge on any atom is -0.343 e. The molecule has 0 spiro atoms. The first-order chi connectivity index (χ1) is 8.08. The molecule has 0 atom stereocenters. The van der Waals surface area contributed by atoms with Crippen molar-refractivity contribution in [2.75, 3.05) is 14.1 Å². The van der Waals surface area contributed by atoms with Crippen LogP contribution in [0.4, 0.5) is 4.39 Å². The molecule has 2 aromatic rings. The van der Waals surface area contributed by atoms with Crippen molar-refractivity contribution in [1.82, 2.24) is 9.88 Å². The smallest absolute Gasteiger partial charge is 0.282 e. The number of halogens is 1. The van der Waals surface area contributed by atoms with Crippen molar-refractivity contribution in [3.8, 4) is 11.3 Å². The number of rotatable bonds is 2. The molecule has 0 unspecified atom stereocenters. The number of hydrogen-bond donors (Lipinski definition) is 0. The first-order valence-corrected chi connectivity index (χ1v) is 5.89. The summed E-state index contributed by atoms with van der Waals surface area (Å²) in [5.74, 6) is -0.406. The Hall–Kier alpha value is -1.75. The third kappa shape index (κ3) is 2.50. The Bertz CT molecular complexity index is 534. The Morgan fingerprint density at radius 1 is 1.29 bits per heavy atom. The van der Waals surface area contributed by atoms with Crippen molar-refractivity contribution < 1.29 is 9.18 Å². The number of nitrogens with zero attached hydrogens (tertiary/aromatic N) is 2. The third-order valence-electron chi connectivity index (χ3n) is 2.23. The summed E-state index contributed by atoms with van der Waals surface area (Å²) in [7, 11) is 3.36. The van der Waals surface area contributed by atoms with E-state index in [0.29, 0.717) is 10.7 Å². The molecule has 0 N–H and O–H groups in total. The highest BCUT2D eigenvalue weighted by Crippen LogP contribution is 2.22. The van der Waals surface area contributed by atoms with Crippen LogP contribution in [-0.4, -0.2) is 29.9 Å². The van der Waals surface area contributed by atoms with Gasteiger partial charge in [0.2, 0.25) is 0 Å². The number of thiazole rings is 1. The number of amides is 1. The molecule has 0 saturated heterocycles. The van der Waals surface area contributed by atoms with Crippen LogP contribution in [0.1, 0.15) is 9.80 Å². The largest absolute Gasteiger partial charge is 0.343 e. The average Bonchev–Trinajstić information content (AvgIpc) is 2.78. The minimum absolute atomic E-state index is 0.122. The van der Waals surface area contributed by atoms with Crippen molar-refractivity contribution in [3.05, 3.63) is 40.5 Å². The maximum Gasteiger partial charge on any atom is 0.282 e. The summed E-state index contributed by atoms with van der Waals surface area (Å²) < 4.78 is 12.8. The summed E-state index contributed by atoms with van der Waals surface area (Å²) in [4.78, 5) is 17.4. The van der Waals surface area contributed by atoms with Crippen LogP contribution >= 0.6 is 11.3 Å². The molecular formula is C12H11FN2OS. The molecule has 0 aliphatic heterocycles. The molecular weight excluding hydrogens is 239 g/mol. The maximum atomic E-state index is 12.8. The van der Waals surface area contributed by atoms with Gasteiger partial charge in [-0.25, -0.2) is 9.37 Å². The predicted octanol–water partition coefficient (Wildman–Crippen LogP) is 2.65. The molecule has 2 rings (SSSR count). The summed E-state index contributed by atoms with van der Waals surface area (Å²) >= 11 is 1.29. The van der Waals surface area contributed by atoms with Gasteiger partial charge < -0.3 is 4.90 Å². The molecule has 5 heteroatoms. The topological polar surface area (TPSA) is 33.2 Å². The van der Waals surface area contributed by atoms with E-state index in [0.717, 1.165) is 5.56 Å². The monoisotopic (exact) mass is 250 g/mol. The Balaban J connectivity index is 2.30. The summed E-state index contributed by atoms with van der Waals surface area (Å²) in [6.07, 6.45) is 0. The number of carbonyl (C=O) groups is 1. The van der Waals surface area contributed by atoms with Gasteiger partial charge in [0.15, 0.2) is 5.01 Å². The summed E-state index contributed by atoms with van der Waals surface area (Å²) in [6.45, 7) is 0. The van der Waals surface area contributed by atoms with Crippen LogP contribution in [-0.2, 0) is 0 Å². The lowest BCUT2D eigenvalue weighted by molar-refractivity contribution is 0.0827. The first kappa shape index (κ1) is 11.7. The maximum absolute atomic E-state index is 12.8. The van der Waals surface area contributed by atoms with Gasteiger partial charge in [-0.05, 0) is 24.3 Å². The molecule has 17 heavy (non-hydrogen) atoms. The van der Waals surface area contributed by atoms with Crippen molar-refractivity contribution in [3.63, 3.8) is 0 Å². The van der Waals surface area contributed by atoms with Crippen molar-refractivity contribution in [2.24, 2.45) is 0 Å². The fraction of sp³-hybridized carbons (Fsp3) is 0.167. The zero-order valence-corrected chi connectivity index (χ0v) is 10.3. The van der Waals surface area contributed by atoms with Gasteiger partial charge in [0, 0.05) is 25.0 Å². The van der Waals surface area contributed by atoms with E-state index in [1.807, 2.05) is 0 Å². The zero-order chi connectivity index (χ0) is 12.4. The lowest BCUT2D eigenvalue weighted by Gasteiger charge is -2.06. The standard InChI is InChI=1S/C12H11FN2OS/c1-15(2)12(16)11-14-10(7-17-11)8-3-5-9(13)6-4-8/h3-7H,1-2H3. The molecule has 0 aliphatic carbocycles. The van der Waals surface area contributed by atoms with E-state index in [4.69, 9.17) is 0 Å². The van der Waals surface area contributed by atoms with Gasteiger partial charge in [-0.3, -0.25) is 4.79 Å². The highest BCUT2D eigenvalue weighted by atomic mass is 32.1. The summed E-state index contributed by atoms with van der Waals surface area (Å²) in [5.41, 5.74) is 1.50. The van der Waals surface area contributed by atoms with Gasteiger partial charge >= 0.3 is 0 Å². The molecule has 0 fully saturated rings. The van der Waals surface area contributed by atoms with Crippen molar-refractivity contribution in [2.45, 2.75) is 0 Å². The van der Waals surface area contributed by atoms with E-state index in [-0.39, 0.29) is 11.7 Å². The Labute approximate surface area is 103 Å². The normalized spacial score (nSPS) is 10.3. The molecule has 1 amide bonds. The van der Waals surface area contributed by atoms with E-state index in [2.05, 4.69) is 4.98 Å². The van der Waals surface area contributed by atoms with Gasteiger partial charge in [0.1, 0.15) is 5.82 Å². The number of aromatic nitrogens is 1. The Morgan fingerprint density at radius 2 is 1.94 bits per heavy atom. The SMILES string of the molecule is CN(C)C(=O)c1nc(-c2ccc(F)cc2)cs1. The number of carbonyl (C=O) groups excluding carboxylic acids is 1. The van der Waals surface area contributed by atoms with Crippen molar-refractivity contribution >= 4 is 17.2 Å². The van der Waals surface area contributed by atoms with E-state index >= 15 is 0 Å². The lowest BCUT2D eigenvalue weighted by atomic mass is 10.2. The van der Waals surface area contributed by atoms with E-state index in [1.165, 1.54) is 28.4 Å².